The van der Waals surface area contributed by atoms with Gasteiger partial charge < -0.3 is 10.5 Å². The molecule has 1 amide bonds. The van der Waals surface area contributed by atoms with E-state index in [1.807, 2.05) is 29.9 Å². The zero-order chi connectivity index (χ0) is 27.7. The Morgan fingerprint density at radius 3 is 2.74 bits per heavy atom. The quantitative estimate of drug-likeness (QED) is 0.351. The second-order valence-corrected chi connectivity index (χ2v) is 10.7. The van der Waals surface area contributed by atoms with Gasteiger partial charge in [0, 0.05) is 44.2 Å². The summed E-state index contributed by atoms with van der Waals surface area (Å²) in [6, 6.07) is 14.6. The number of pyridine rings is 1. The van der Waals surface area contributed by atoms with Gasteiger partial charge in [-0.15, -0.1) is 5.10 Å². The number of aromatic nitrogens is 4. The topological polar surface area (TPSA) is 99.2 Å². The van der Waals surface area contributed by atoms with E-state index in [0.29, 0.717) is 0 Å². The van der Waals surface area contributed by atoms with Gasteiger partial charge in [-0.1, -0.05) is 43.3 Å². The lowest BCUT2D eigenvalue weighted by molar-refractivity contribution is -0.121. The van der Waals surface area contributed by atoms with E-state index in [9.17, 15) is 4.79 Å². The third-order valence-corrected chi connectivity index (χ3v) is 8.12. The van der Waals surface area contributed by atoms with Crippen molar-refractivity contribution in [3.05, 3.63) is 82.2 Å². The van der Waals surface area contributed by atoms with Gasteiger partial charge >= 0.3 is 0 Å². The Balaban J connectivity index is 1.53. The molecule has 8 nitrogen and oxygen atoms in total. The zero-order valence-corrected chi connectivity index (χ0v) is 23.5. The van der Waals surface area contributed by atoms with Crippen molar-refractivity contribution >= 4 is 16.9 Å². The lowest BCUT2D eigenvalue weighted by Crippen LogP contribution is -2.32. The summed E-state index contributed by atoms with van der Waals surface area (Å²) in [6.45, 7) is 13.4. The number of benzene rings is 2. The fraction of sp³-hybridized carbons (Fsp3) is 0.419. The number of ether oxygens (including phenoxy) is 1. The number of amides is 1. The largest absolute Gasteiger partial charge is 0.487 e. The maximum absolute atomic E-state index is 12.6. The van der Waals surface area contributed by atoms with Crippen molar-refractivity contribution in [2.24, 2.45) is 11.7 Å². The Hall–Kier alpha value is -3.78. The first-order valence-electron chi connectivity index (χ1n) is 13.8. The number of nitrogens with zero attached hydrogens (tertiary/aromatic N) is 5. The molecule has 5 rings (SSSR count). The fourth-order valence-electron chi connectivity index (χ4n) is 5.71. The number of nitrogens with two attached hydrogens (primary N) is 1. The van der Waals surface area contributed by atoms with E-state index in [1.54, 1.807) is 0 Å². The first-order chi connectivity index (χ1) is 18.8. The van der Waals surface area contributed by atoms with Crippen LogP contribution in [0.5, 0.6) is 5.75 Å². The Kier molecular flexibility index (Phi) is 7.66. The number of aryl methyl sites for hydroxylation is 3. The number of carbonyl (C=O) groups is 1. The molecule has 1 aliphatic rings. The number of primary amides is 1. The number of hydrogen-bond acceptors (Lipinski definition) is 6. The molecule has 0 saturated carbocycles. The molecule has 2 aromatic carbocycles. The van der Waals surface area contributed by atoms with Crippen LogP contribution in [0.25, 0.3) is 11.0 Å². The van der Waals surface area contributed by atoms with E-state index in [-0.39, 0.29) is 17.9 Å². The summed E-state index contributed by atoms with van der Waals surface area (Å²) in [6.07, 6.45) is 2.85. The van der Waals surface area contributed by atoms with E-state index in [0.717, 1.165) is 71.8 Å². The standard InChI is InChI=1S/C31H38N6O2/c1-6-24-17-36(18-26-28(39-24)9-8-14-33-26)16-23-15-22(11-10-19(23)3)29(21(5)31(32)38)25-12-13-27-30(20(25)4)34-35-37(27)7-2/h8-15,21,24,29H,6-7,16-18H2,1-5H3,(H2,32,38)/t21-,24-,29+/m1/s1. The summed E-state index contributed by atoms with van der Waals surface area (Å²) in [5.74, 6) is -0.0446. The second kappa shape index (κ2) is 11.1. The van der Waals surface area contributed by atoms with E-state index < -0.39 is 5.92 Å². The van der Waals surface area contributed by atoms with Crippen LogP contribution >= 0.6 is 0 Å². The molecule has 2 N–H and O–H groups in total. The van der Waals surface area contributed by atoms with Crippen LogP contribution in [0.3, 0.4) is 0 Å². The van der Waals surface area contributed by atoms with Crippen LogP contribution in [0, 0.1) is 19.8 Å². The highest BCUT2D eigenvalue weighted by molar-refractivity contribution is 5.82. The van der Waals surface area contributed by atoms with Crippen LogP contribution in [0.2, 0.25) is 0 Å². The molecule has 0 unspecified atom stereocenters. The number of fused-ring (bicyclic) bond motifs is 2. The molecule has 1 aliphatic heterocycles. The molecular formula is C31H38N6O2. The second-order valence-electron chi connectivity index (χ2n) is 10.7. The minimum Gasteiger partial charge on any atom is -0.487 e. The Morgan fingerprint density at radius 2 is 2.00 bits per heavy atom. The highest BCUT2D eigenvalue weighted by Crippen LogP contribution is 2.37. The molecule has 4 aromatic rings. The van der Waals surface area contributed by atoms with E-state index in [2.05, 4.69) is 78.2 Å². The molecule has 3 atom stereocenters. The van der Waals surface area contributed by atoms with Crippen molar-refractivity contribution in [3.63, 3.8) is 0 Å². The van der Waals surface area contributed by atoms with Crippen LogP contribution in [-0.4, -0.2) is 43.4 Å². The first-order valence-corrected chi connectivity index (χ1v) is 13.8. The molecule has 3 heterocycles. The molecule has 0 fully saturated rings. The van der Waals surface area contributed by atoms with Crippen molar-refractivity contribution < 1.29 is 9.53 Å². The summed E-state index contributed by atoms with van der Waals surface area (Å²) in [7, 11) is 0. The molecule has 0 saturated heterocycles. The molecule has 39 heavy (non-hydrogen) atoms. The molecule has 204 valence electrons. The van der Waals surface area contributed by atoms with Gasteiger partial charge in [-0.25, -0.2) is 4.68 Å². The smallest absolute Gasteiger partial charge is 0.221 e. The third-order valence-electron chi connectivity index (χ3n) is 8.12. The predicted octanol–water partition coefficient (Wildman–Crippen LogP) is 4.89. The summed E-state index contributed by atoms with van der Waals surface area (Å²) < 4.78 is 8.16. The summed E-state index contributed by atoms with van der Waals surface area (Å²) >= 11 is 0. The highest BCUT2D eigenvalue weighted by Gasteiger charge is 2.29. The summed E-state index contributed by atoms with van der Waals surface area (Å²) in [5.41, 5.74) is 14.3. The van der Waals surface area contributed by atoms with Crippen LogP contribution in [-0.2, 0) is 24.4 Å². The maximum Gasteiger partial charge on any atom is 0.221 e. The van der Waals surface area contributed by atoms with E-state index >= 15 is 0 Å². The maximum atomic E-state index is 12.6. The van der Waals surface area contributed by atoms with Crippen molar-refractivity contribution in [1.29, 1.82) is 0 Å². The van der Waals surface area contributed by atoms with Gasteiger partial charge in [0.2, 0.25) is 5.91 Å². The molecule has 8 heteroatoms. The predicted molar refractivity (Wildman–Crippen MR) is 152 cm³/mol. The highest BCUT2D eigenvalue weighted by atomic mass is 16.5. The SMILES string of the molecule is CC[C@@H]1CN(Cc2cc([C@@H](c3ccc4c(nnn4CC)c3C)[C@@H](C)C(N)=O)ccc2C)Cc2ncccc2O1. The average Bonchev–Trinajstić information content (AvgIpc) is 3.27. The molecule has 2 aromatic heterocycles. The Bertz CT molecular complexity index is 1500. The average molecular weight is 527 g/mol. The fourth-order valence-corrected chi connectivity index (χ4v) is 5.71. The minimum atomic E-state index is -0.398. The number of rotatable bonds is 8. The van der Waals surface area contributed by atoms with E-state index in [1.165, 1.54) is 11.1 Å². The van der Waals surface area contributed by atoms with Crippen LogP contribution in [0.15, 0.2) is 48.7 Å². The van der Waals surface area contributed by atoms with Gasteiger partial charge in [0.25, 0.3) is 0 Å². The monoisotopic (exact) mass is 526 g/mol. The normalized spacial score (nSPS) is 17.3. The van der Waals surface area contributed by atoms with E-state index in [4.69, 9.17) is 10.5 Å². The summed E-state index contributed by atoms with van der Waals surface area (Å²) in [5, 5.41) is 8.76. The first kappa shape index (κ1) is 26.8. The van der Waals surface area contributed by atoms with Crippen molar-refractivity contribution in [2.75, 3.05) is 6.54 Å². The van der Waals surface area contributed by atoms with Gasteiger partial charge in [-0.2, -0.15) is 0 Å². The van der Waals surface area contributed by atoms with Crippen LogP contribution in [0.4, 0.5) is 0 Å². The minimum absolute atomic E-state index is 0.104. The lowest BCUT2D eigenvalue weighted by atomic mass is 9.78. The molecule has 0 spiro atoms. The van der Waals surface area contributed by atoms with Crippen LogP contribution in [0.1, 0.15) is 66.6 Å². The van der Waals surface area contributed by atoms with Crippen molar-refractivity contribution in [2.45, 2.75) is 72.7 Å². The van der Waals surface area contributed by atoms with Crippen molar-refractivity contribution in [3.8, 4) is 5.75 Å². The van der Waals surface area contributed by atoms with Crippen molar-refractivity contribution in [1.82, 2.24) is 24.9 Å². The third kappa shape index (κ3) is 5.26. The van der Waals surface area contributed by atoms with Gasteiger partial charge in [0.15, 0.2) is 0 Å². The molecular weight excluding hydrogens is 488 g/mol. The zero-order valence-electron chi connectivity index (χ0n) is 23.5. The van der Waals surface area contributed by atoms with Gasteiger partial charge in [-0.3, -0.25) is 14.7 Å². The lowest BCUT2D eigenvalue weighted by Gasteiger charge is -2.27. The number of hydrogen-bond donors (Lipinski definition) is 1. The Morgan fingerprint density at radius 1 is 1.18 bits per heavy atom. The molecule has 0 bridgehead atoms. The van der Waals surface area contributed by atoms with Gasteiger partial charge in [-0.05, 0) is 73.2 Å². The summed E-state index contributed by atoms with van der Waals surface area (Å²) in [4.78, 5) is 19.6. The number of carbonyl (C=O) groups excluding carboxylic acids is 1. The van der Waals surface area contributed by atoms with Crippen LogP contribution < -0.4 is 10.5 Å². The van der Waals surface area contributed by atoms with Gasteiger partial charge in [0.05, 0.1) is 11.2 Å². The molecule has 0 aliphatic carbocycles. The van der Waals surface area contributed by atoms with Gasteiger partial charge in [0.1, 0.15) is 17.4 Å². The Labute approximate surface area is 230 Å². The molecule has 0 radical (unpaired) electrons.